The van der Waals surface area contributed by atoms with Crippen molar-refractivity contribution >= 4 is 39.1 Å². The molecule has 5 nitrogen and oxygen atoms in total. The van der Waals surface area contributed by atoms with Gasteiger partial charge in [-0.3, -0.25) is 9.78 Å². The van der Waals surface area contributed by atoms with Crippen LogP contribution in [0, 0.1) is 6.92 Å². The number of amides is 1. The number of nitrogens with zero attached hydrogens (tertiary/aromatic N) is 3. The molecule has 0 aliphatic carbocycles. The molecule has 0 unspecified atom stereocenters. The standard InChI is InChI=1S/C16H12BrClN4O/c1-10-13(9-20-22(10)12-4-6-19-7-5-12)16(23)21-11-2-3-15(18)14(17)8-11/h2-9H,1H3,(H,21,23). The van der Waals surface area contributed by atoms with Gasteiger partial charge in [0.1, 0.15) is 0 Å². The third-order valence-corrected chi connectivity index (χ3v) is 4.55. The van der Waals surface area contributed by atoms with Crippen molar-refractivity contribution in [3.63, 3.8) is 0 Å². The summed E-state index contributed by atoms with van der Waals surface area (Å²) >= 11 is 9.29. The predicted molar refractivity (Wildman–Crippen MR) is 93.2 cm³/mol. The Hall–Kier alpha value is -2.18. The maximum Gasteiger partial charge on any atom is 0.259 e. The van der Waals surface area contributed by atoms with E-state index in [9.17, 15) is 4.79 Å². The molecule has 0 atom stereocenters. The molecule has 0 bridgehead atoms. The van der Waals surface area contributed by atoms with Crippen LogP contribution >= 0.6 is 27.5 Å². The zero-order valence-corrected chi connectivity index (χ0v) is 14.5. The number of benzene rings is 1. The second-order valence-electron chi connectivity index (χ2n) is 4.84. The molecule has 0 spiro atoms. The van der Waals surface area contributed by atoms with Crippen LogP contribution in [0.3, 0.4) is 0 Å². The van der Waals surface area contributed by atoms with E-state index in [2.05, 4.69) is 31.3 Å². The number of rotatable bonds is 3. The SMILES string of the molecule is Cc1c(C(=O)Nc2ccc(Cl)c(Br)c2)cnn1-c1ccncc1. The predicted octanol–water partition coefficient (Wildman–Crippen LogP) is 4.24. The first-order valence-electron chi connectivity index (χ1n) is 6.77. The summed E-state index contributed by atoms with van der Waals surface area (Å²) in [7, 11) is 0. The fourth-order valence-electron chi connectivity index (χ4n) is 2.15. The molecule has 116 valence electrons. The first kappa shape index (κ1) is 15.7. The number of halogens is 2. The number of carbonyl (C=O) groups is 1. The van der Waals surface area contributed by atoms with Crippen LogP contribution in [0.2, 0.25) is 5.02 Å². The highest BCUT2D eigenvalue weighted by Gasteiger charge is 2.15. The summed E-state index contributed by atoms with van der Waals surface area (Å²) in [6.07, 6.45) is 4.92. The largest absolute Gasteiger partial charge is 0.322 e. The first-order valence-corrected chi connectivity index (χ1v) is 7.95. The topological polar surface area (TPSA) is 59.8 Å². The summed E-state index contributed by atoms with van der Waals surface area (Å²) in [6, 6.07) is 8.88. The quantitative estimate of drug-likeness (QED) is 0.726. The number of hydrogen-bond donors (Lipinski definition) is 1. The minimum Gasteiger partial charge on any atom is -0.322 e. The molecule has 2 heterocycles. The maximum absolute atomic E-state index is 12.5. The van der Waals surface area contributed by atoms with E-state index in [4.69, 9.17) is 11.6 Å². The van der Waals surface area contributed by atoms with Gasteiger partial charge in [0.15, 0.2) is 0 Å². The van der Waals surface area contributed by atoms with Crippen molar-refractivity contribution in [2.45, 2.75) is 6.92 Å². The van der Waals surface area contributed by atoms with Gasteiger partial charge in [-0.25, -0.2) is 4.68 Å². The highest BCUT2D eigenvalue weighted by Crippen LogP contribution is 2.26. The van der Waals surface area contributed by atoms with E-state index in [0.29, 0.717) is 16.3 Å². The maximum atomic E-state index is 12.5. The molecule has 0 aliphatic heterocycles. The van der Waals surface area contributed by atoms with Gasteiger partial charge < -0.3 is 5.32 Å². The third kappa shape index (κ3) is 3.28. The number of nitrogens with one attached hydrogen (secondary N) is 1. The fourth-order valence-corrected chi connectivity index (χ4v) is 2.65. The molecule has 0 fully saturated rings. The molecule has 1 amide bonds. The van der Waals surface area contributed by atoms with Crippen molar-refractivity contribution in [3.8, 4) is 5.69 Å². The average molecular weight is 392 g/mol. The Labute approximate surface area is 146 Å². The lowest BCUT2D eigenvalue weighted by molar-refractivity contribution is 0.102. The van der Waals surface area contributed by atoms with E-state index in [1.807, 2.05) is 19.1 Å². The van der Waals surface area contributed by atoms with Crippen molar-refractivity contribution in [3.05, 3.63) is 69.7 Å². The van der Waals surface area contributed by atoms with Crippen LogP contribution in [0.15, 0.2) is 53.4 Å². The lowest BCUT2D eigenvalue weighted by Crippen LogP contribution is -2.13. The van der Waals surface area contributed by atoms with E-state index in [1.54, 1.807) is 41.5 Å². The Morgan fingerprint density at radius 2 is 2.00 bits per heavy atom. The minimum absolute atomic E-state index is 0.225. The zero-order valence-electron chi connectivity index (χ0n) is 12.1. The van der Waals surface area contributed by atoms with Gasteiger partial charge in [-0.15, -0.1) is 0 Å². The molecule has 7 heteroatoms. The van der Waals surface area contributed by atoms with Crippen molar-refractivity contribution in [2.24, 2.45) is 0 Å². The third-order valence-electron chi connectivity index (χ3n) is 3.34. The molecule has 1 aromatic carbocycles. The molecule has 0 radical (unpaired) electrons. The lowest BCUT2D eigenvalue weighted by atomic mass is 10.2. The Kier molecular flexibility index (Phi) is 4.45. The summed E-state index contributed by atoms with van der Waals surface area (Å²) in [4.78, 5) is 16.4. The molecule has 1 N–H and O–H groups in total. The van der Waals surface area contributed by atoms with Crippen LogP contribution in [-0.4, -0.2) is 20.7 Å². The second kappa shape index (κ2) is 6.52. The van der Waals surface area contributed by atoms with Crippen LogP contribution in [0.4, 0.5) is 5.69 Å². The molecule has 0 saturated carbocycles. The molecule has 23 heavy (non-hydrogen) atoms. The monoisotopic (exact) mass is 390 g/mol. The van der Waals surface area contributed by atoms with Crippen molar-refractivity contribution in [1.29, 1.82) is 0 Å². The van der Waals surface area contributed by atoms with Gasteiger partial charge in [0, 0.05) is 22.6 Å². The molecular formula is C16H12BrClN4O. The number of hydrogen-bond acceptors (Lipinski definition) is 3. The van der Waals surface area contributed by atoms with E-state index in [1.165, 1.54) is 0 Å². The Balaban J connectivity index is 1.86. The van der Waals surface area contributed by atoms with E-state index >= 15 is 0 Å². The number of carbonyl (C=O) groups excluding carboxylic acids is 1. The van der Waals surface area contributed by atoms with Gasteiger partial charge in [-0.2, -0.15) is 5.10 Å². The fraction of sp³-hybridized carbons (Fsp3) is 0.0625. The van der Waals surface area contributed by atoms with Crippen LogP contribution in [0.5, 0.6) is 0 Å². The summed E-state index contributed by atoms with van der Waals surface area (Å²) in [6.45, 7) is 1.85. The van der Waals surface area contributed by atoms with Gasteiger partial charge in [0.05, 0.1) is 28.2 Å². The van der Waals surface area contributed by atoms with Crippen molar-refractivity contribution in [1.82, 2.24) is 14.8 Å². The number of anilines is 1. The Morgan fingerprint density at radius 1 is 1.26 bits per heavy atom. The van der Waals surface area contributed by atoms with Crippen LogP contribution in [0.25, 0.3) is 5.69 Å². The number of aromatic nitrogens is 3. The van der Waals surface area contributed by atoms with Gasteiger partial charge in [0.2, 0.25) is 0 Å². The molecule has 3 aromatic rings. The second-order valence-corrected chi connectivity index (χ2v) is 6.11. The summed E-state index contributed by atoms with van der Waals surface area (Å²) in [5.41, 5.74) is 2.77. The molecule has 2 aromatic heterocycles. The molecule has 0 aliphatic rings. The molecular weight excluding hydrogens is 380 g/mol. The normalized spacial score (nSPS) is 10.6. The van der Waals surface area contributed by atoms with E-state index in [0.717, 1.165) is 15.9 Å². The molecule has 3 rings (SSSR count). The summed E-state index contributed by atoms with van der Waals surface area (Å²) < 4.78 is 2.43. The highest BCUT2D eigenvalue weighted by atomic mass is 79.9. The summed E-state index contributed by atoms with van der Waals surface area (Å²) in [5, 5.41) is 7.70. The number of pyridine rings is 1. The highest BCUT2D eigenvalue weighted by molar-refractivity contribution is 9.10. The van der Waals surface area contributed by atoms with E-state index in [-0.39, 0.29) is 5.91 Å². The van der Waals surface area contributed by atoms with Gasteiger partial charge in [-0.05, 0) is 53.2 Å². The Bertz CT molecular complexity index is 864. The van der Waals surface area contributed by atoms with E-state index < -0.39 is 0 Å². The Morgan fingerprint density at radius 3 is 2.70 bits per heavy atom. The average Bonchev–Trinajstić information content (AvgIpc) is 2.93. The summed E-state index contributed by atoms with van der Waals surface area (Å²) in [5.74, 6) is -0.225. The first-order chi connectivity index (χ1) is 11.1. The van der Waals surface area contributed by atoms with Gasteiger partial charge in [0.25, 0.3) is 5.91 Å². The van der Waals surface area contributed by atoms with Crippen LogP contribution in [-0.2, 0) is 0 Å². The van der Waals surface area contributed by atoms with Crippen LogP contribution in [0.1, 0.15) is 16.1 Å². The van der Waals surface area contributed by atoms with Crippen molar-refractivity contribution in [2.75, 3.05) is 5.32 Å². The van der Waals surface area contributed by atoms with Gasteiger partial charge >= 0.3 is 0 Å². The van der Waals surface area contributed by atoms with Gasteiger partial charge in [-0.1, -0.05) is 11.6 Å². The molecule has 0 saturated heterocycles. The zero-order chi connectivity index (χ0) is 16.4. The lowest BCUT2D eigenvalue weighted by Gasteiger charge is -2.07. The van der Waals surface area contributed by atoms with Crippen LogP contribution < -0.4 is 5.32 Å². The van der Waals surface area contributed by atoms with Crippen molar-refractivity contribution < 1.29 is 4.79 Å². The minimum atomic E-state index is -0.225. The smallest absolute Gasteiger partial charge is 0.259 e.